The van der Waals surface area contributed by atoms with Gasteiger partial charge in [-0.05, 0) is 31.9 Å². The molecule has 1 fully saturated rings. The molecule has 0 atom stereocenters. The van der Waals surface area contributed by atoms with Gasteiger partial charge < -0.3 is 19.1 Å². The second-order valence-corrected chi connectivity index (χ2v) is 7.30. The van der Waals surface area contributed by atoms with Gasteiger partial charge in [0.1, 0.15) is 18.1 Å². The van der Waals surface area contributed by atoms with Crippen LogP contribution in [0, 0.1) is 0 Å². The molecule has 0 radical (unpaired) electrons. The number of hydrogen-bond donors (Lipinski definition) is 0. The van der Waals surface area contributed by atoms with Gasteiger partial charge in [-0.1, -0.05) is 0 Å². The molecule has 7 heteroatoms. The molecule has 2 aromatic heterocycles. The molecule has 4 heterocycles. The molecule has 0 bridgehead atoms. The number of aromatic nitrogens is 2. The summed E-state index contributed by atoms with van der Waals surface area (Å²) in [4.78, 5) is 21.9. The van der Waals surface area contributed by atoms with Gasteiger partial charge in [-0.3, -0.25) is 4.79 Å². The number of nitrogens with zero attached hydrogens (tertiary/aromatic N) is 4. The van der Waals surface area contributed by atoms with Crippen molar-refractivity contribution in [1.29, 1.82) is 0 Å². The van der Waals surface area contributed by atoms with E-state index in [4.69, 9.17) is 9.72 Å². The summed E-state index contributed by atoms with van der Waals surface area (Å²) in [5.41, 5.74) is 2.78. The van der Waals surface area contributed by atoms with E-state index in [1.54, 1.807) is 0 Å². The van der Waals surface area contributed by atoms with E-state index in [2.05, 4.69) is 9.47 Å². The maximum Gasteiger partial charge on any atom is 0.256 e. The quantitative estimate of drug-likeness (QED) is 0.808. The normalized spacial score (nSPS) is 18.4. The summed E-state index contributed by atoms with van der Waals surface area (Å²) in [6, 6.07) is 4.06. The molecule has 0 aromatic carbocycles. The number of hydrogen-bond acceptors (Lipinski definition) is 4. The van der Waals surface area contributed by atoms with Gasteiger partial charge in [-0.2, -0.15) is 0 Å². The Morgan fingerprint density at radius 1 is 1.26 bits per heavy atom. The number of piperidine rings is 1. The fraction of sp³-hybridized carbons (Fsp3) is 0.600. The number of rotatable bonds is 5. The van der Waals surface area contributed by atoms with Gasteiger partial charge in [0.15, 0.2) is 0 Å². The van der Waals surface area contributed by atoms with Crippen molar-refractivity contribution in [2.24, 2.45) is 7.05 Å². The van der Waals surface area contributed by atoms with Gasteiger partial charge in [-0.15, -0.1) is 0 Å². The van der Waals surface area contributed by atoms with E-state index >= 15 is 0 Å². The van der Waals surface area contributed by atoms with Gasteiger partial charge in [0.05, 0.1) is 18.3 Å². The van der Waals surface area contributed by atoms with Crippen molar-refractivity contribution in [3.63, 3.8) is 0 Å². The number of alkyl halides is 1. The molecule has 0 saturated carbocycles. The lowest BCUT2D eigenvalue weighted by Gasteiger charge is -2.32. The molecule has 1 amide bonds. The average molecular weight is 373 g/mol. The molecule has 2 aliphatic rings. The number of amides is 1. The summed E-state index contributed by atoms with van der Waals surface area (Å²) in [6.07, 6.45) is 2.77. The summed E-state index contributed by atoms with van der Waals surface area (Å²) in [5.74, 6) is 1.05. The highest BCUT2D eigenvalue weighted by Crippen LogP contribution is 2.31. The lowest BCUT2D eigenvalue weighted by Crippen LogP contribution is -2.37. The number of ether oxygens (including phenoxy) is 1. The predicted octanol–water partition coefficient (Wildman–Crippen LogP) is 2.55. The Morgan fingerprint density at radius 2 is 2.04 bits per heavy atom. The number of fused-ring (bicyclic) bond motifs is 3. The Hall–Kier alpha value is -2.15. The minimum absolute atomic E-state index is 0.115. The van der Waals surface area contributed by atoms with Crippen LogP contribution in [0.15, 0.2) is 12.1 Å². The highest BCUT2D eigenvalue weighted by atomic mass is 18.2. The lowest BCUT2D eigenvalue weighted by atomic mass is 10.0. The summed E-state index contributed by atoms with van der Waals surface area (Å²) in [5, 5.41) is 0.945. The number of aryl methyl sites for hydroxylation is 1. The minimum atomic E-state index is -0.426. The van der Waals surface area contributed by atoms with E-state index in [1.165, 1.54) is 0 Å². The zero-order valence-electron chi connectivity index (χ0n) is 16.1. The molecule has 146 valence electrons. The molecule has 6 nitrogen and oxygen atoms in total. The van der Waals surface area contributed by atoms with Crippen molar-refractivity contribution in [3.05, 3.63) is 23.4 Å². The Bertz CT molecular complexity index is 842. The van der Waals surface area contributed by atoms with Crippen LogP contribution in [0.3, 0.4) is 0 Å². The van der Waals surface area contributed by atoms with Crippen LogP contribution >= 0.6 is 0 Å². The van der Waals surface area contributed by atoms with Gasteiger partial charge >= 0.3 is 0 Å². The second kappa shape index (κ2) is 7.46. The molecule has 2 aromatic rings. The number of pyridine rings is 1. The van der Waals surface area contributed by atoms with Crippen LogP contribution in [-0.4, -0.2) is 65.9 Å². The first-order valence-electron chi connectivity index (χ1n) is 9.84. The van der Waals surface area contributed by atoms with Crippen LogP contribution in [0.25, 0.3) is 11.0 Å². The Morgan fingerprint density at radius 3 is 2.74 bits per heavy atom. The second-order valence-electron chi connectivity index (χ2n) is 7.30. The zero-order chi connectivity index (χ0) is 19.0. The van der Waals surface area contributed by atoms with Gasteiger partial charge in [0.2, 0.25) is 0 Å². The number of likely N-dealkylation sites (N-methyl/N-ethyl adjacent to an activating group) is 1. The summed E-state index contributed by atoms with van der Waals surface area (Å²) in [7, 11) is 2.00. The topological polar surface area (TPSA) is 50.6 Å². The molecular weight excluding hydrogens is 346 g/mol. The van der Waals surface area contributed by atoms with E-state index < -0.39 is 6.67 Å². The fourth-order valence-corrected chi connectivity index (χ4v) is 4.31. The molecule has 0 N–H and O–H groups in total. The van der Waals surface area contributed by atoms with E-state index in [-0.39, 0.29) is 18.6 Å². The monoisotopic (exact) mass is 373 g/mol. The van der Waals surface area contributed by atoms with Crippen molar-refractivity contribution in [1.82, 2.24) is 14.5 Å². The summed E-state index contributed by atoms with van der Waals surface area (Å²) >= 11 is 0. The summed E-state index contributed by atoms with van der Waals surface area (Å²) in [6.45, 7) is 4.98. The van der Waals surface area contributed by atoms with Crippen molar-refractivity contribution in [2.75, 3.05) is 44.4 Å². The number of anilines is 1. The van der Waals surface area contributed by atoms with Crippen molar-refractivity contribution in [3.8, 4) is 0 Å². The lowest BCUT2D eigenvalue weighted by molar-refractivity contribution is 0.0293. The van der Waals surface area contributed by atoms with Gasteiger partial charge in [-0.25, -0.2) is 9.37 Å². The fourth-order valence-electron chi connectivity index (χ4n) is 4.31. The molecule has 1 saturated heterocycles. The molecule has 0 unspecified atom stereocenters. The molecule has 0 spiro atoms. The Kier molecular flexibility index (Phi) is 5.04. The maximum atomic E-state index is 12.8. The molecule has 2 aliphatic heterocycles. The molecule has 4 rings (SSSR count). The molecule has 0 aliphatic carbocycles. The zero-order valence-corrected chi connectivity index (χ0v) is 16.1. The van der Waals surface area contributed by atoms with E-state index in [1.807, 2.05) is 31.0 Å². The molecule has 27 heavy (non-hydrogen) atoms. The van der Waals surface area contributed by atoms with Crippen molar-refractivity contribution in [2.45, 2.75) is 32.3 Å². The molecular formula is C20H27FN4O2. The number of carbonyl (C=O) groups is 1. The highest BCUT2D eigenvalue weighted by molar-refractivity contribution is 6.08. The van der Waals surface area contributed by atoms with E-state index in [9.17, 15) is 9.18 Å². The van der Waals surface area contributed by atoms with Crippen molar-refractivity contribution < 1.29 is 13.9 Å². The summed E-state index contributed by atoms with van der Waals surface area (Å²) < 4.78 is 19.9. The van der Waals surface area contributed by atoms with Gasteiger partial charge in [0, 0.05) is 50.7 Å². The number of carbonyl (C=O) groups excluding carboxylic acids is 1. The first kappa shape index (κ1) is 18.2. The standard InChI is InChI=1S/C20H27FN4O2/c1-3-24-12-8-16-18(20(24)26)15-4-5-17(22-19(15)23(16)2)25-10-6-14(7-11-25)27-13-9-21/h4-5,14H,3,6-13H2,1-2H3/i21-1. The van der Waals surface area contributed by atoms with Crippen LogP contribution in [0.4, 0.5) is 10.2 Å². The largest absolute Gasteiger partial charge is 0.375 e. The first-order valence-corrected chi connectivity index (χ1v) is 9.84. The predicted molar refractivity (Wildman–Crippen MR) is 103 cm³/mol. The highest BCUT2D eigenvalue weighted by Gasteiger charge is 2.30. The van der Waals surface area contributed by atoms with Crippen LogP contribution < -0.4 is 4.90 Å². The Balaban J connectivity index is 1.59. The Labute approximate surface area is 158 Å². The average Bonchev–Trinajstić information content (AvgIpc) is 2.99. The third kappa shape index (κ3) is 3.18. The van der Waals surface area contributed by atoms with Crippen molar-refractivity contribution >= 4 is 22.8 Å². The third-order valence-corrected chi connectivity index (χ3v) is 5.84. The SMILES string of the molecule is CCN1CCc2c(c3ccc(N4CCC(OCC[18F])CC4)nc3n2C)C1=O. The minimum Gasteiger partial charge on any atom is -0.375 e. The smallest absolute Gasteiger partial charge is 0.256 e. The first-order chi connectivity index (χ1) is 13.1. The van der Waals surface area contributed by atoms with E-state index in [0.717, 1.165) is 73.6 Å². The van der Waals surface area contributed by atoms with Crippen LogP contribution in [0.1, 0.15) is 35.8 Å². The maximum absolute atomic E-state index is 12.8. The van der Waals surface area contributed by atoms with Crippen LogP contribution in [0.2, 0.25) is 0 Å². The number of halogens is 1. The third-order valence-electron chi connectivity index (χ3n) is 5.84. The van der Waals surface area contributed by atoms with Crippen LogP contribution in [0.5, 0.6) is 0 Å². The van der Waals surface area contributed by atoms with Gasteiger partial charge in [0.25, 0.3) is 5.91 Å². The van der Waals surface area contributed by atoms with E-state index in [0.29, 0.717) is 0 Å². The van der Waals surface area contributed by atoms with Crippen LogP contribution in [-0.2, 0) is 18.2 Å².